The Hall–Kier alpha value is -1.62. The molecule has 5 heteroatoms. The predicted octanol–water partition coefficient (Wildman–Crippen LogP) is 1.30. The summed E-state index contributed by atoms with van der Waals surface area (Å²) in [5.41, 5.74) is 6.23. The highest BCUT2D eigenvalue weighted by molar-refractivity contribution is 5.95. The van der Waals surface area contributed by atoms with Crippen LogP contribution in [0.15, 0.2) is 18.2 Å². The molecule has 1 aromatic carbocycles. The van der Waals surface area contributed by atoms with Gasteiger partial charge < -0.3 is 11.1 Å². The van der Waals surface area contributed by atoms with Gasteiger partial charge in [-0.05, 0) is 31.8 Å². The lowest BCUT2D eigenvalue weighted by molar-refractivity contribution is -0.117. The Balaban J connectivity index is 2.63. The standard InChI is InChI=1S/C11H16FN3O/c1-3-15(2)7-11(16)14-10-5-4-8(12)6-9(10)13/h4-6H,3,7,13H2,1-2H3,(H,14,16). The molecule has 0 aliphatic heterocycles. The number of hydrogen-bond donors (Lipinski definition) is 2. The van der Waals surface area contributed by atoms with Crippen LogP contribution in [0.2, 0.25) is 0 Å². The fourth-order valence-corrected chi connectivity index (χ4v) is 1.19. The minimum atomic E-state index is -0.416. The molecule has 0 fully saturated rings. The van der Waals surface area contributed by atoms with E-state index in [2.05, 4.69) is 5.32 Å². The molecular formula is C11H16FN3O. The minimum Gasteiger partial charge on any atom is -0.397 e. The van der Waals surface area contributed by atoms with Crippen LogP contribution < -0.4 is 11.1 Å². The molecule has 0 saturated carbocycles. The molecule has 0 spiro atoms. The summed E-state index contributed by atoms with van der Waals surface area (Å²) < 4.78 is 12.7. The Kier molecular flexibility index (Phi) is 4.25. The lowest BCUT2D eigenvalue weighted by Gasteiger charge is -2.14. The number of nitrogens with one attached hydrogen (secondary N) is 1. The monoisotopic (exact) mass is 225 g/mol. The van der Waals surface area contributed by atoms with Crippen molar-refractivity contribution in [1.29, 1.82) is 0 Å². The Morgan fingerprint density at radius 2 is 2.25 bits per heavy atom. The maximum Gasteiger partial charge on any atom is 0.238 e. The number of carbonyl (C=O) groups is 1. The van der Waals surface area contributed by atoms with E-state index in [1.807, 2.05) is 18.9 Å². The molecule has 3 N–H and O–H groups in total. The molecule has 16 heavy (non-hydrogen) atoms. The van der Waals surface area contributed by atoms with Gasteiger partial charge in [-0.3, -0.25) is 9.69 Å². The second-order valence-corrected chi connectivity index (χ2v) is 3.61. The minimum absolute atomic E-state index is 0.164. The van der Waals surface area contributed by atoms with Gasteiger partial charge in [-0.25, -0.2) is 4.39 Å². The Labute approximate surface area is 94.2 Å². The molecule has 1 rings (SSSR count). The summed E-state index contributed by atoms with van der Waals surface area (Å²) in [6, 6.07) is 3.89. The van der Waals surface area contributed by atoms with Crippen LogP contribution in [-0.4, -0.2) is 30.9 Å². The van der Waals surface area contributed by atoms with Gasteiger partial charge in [-0.15, -0.1) is 0 Å². The average molecular weight is 225 g/mol. The van der Waals surface area contributed by atoms with Crippen LogP contribution >= 0.6 is 0 Å². The molecule has 0 heterocycles. The molecule has 0 aromatic heterocycles. The number of benzene rings is 1. The first-order valence-electron chi connectivity index (χ1n) is 5.06. The normalized spacial score (nSPS) is 10.5. The van der Waals surface area contributed by atoms with Gasteiger partial charge >= 0.3 is 0 Å². The summed E-state index contributed by atoms with van der Waals surface area (Å²) in [5.74, 6) is -0.580. The molecule has 1 amide bonds. The third kappa shape index (κ3) is 3.51. The van der Waals surface area contributed by atoms with Crippen molar-refractivity contribution < 1.29 is 9.18 Å². The molecule has 1 aromatic rings. The topological polar surface area (TPSA) is 58.4 Å². The third-order valence-electron chi connectivity index (χ3n) is 2.24. The number of halogens is 1. The summed E-state index contributed by atoms with van der Waals surface area (Å²) in [4.78, 5) is 13.4. The van der Waals surface area contributed by atoms with Gasteiger partial charge in [0.15, 0.2) is 0 Å². The van der Waals surface area contributed by atoms with Gasteiger partial charge in [-0.1, -0.05) is 6.92 Å². The predicted molar refractivity (Wildman–Crippen MR) is 62.6 cm³/mol. The zero-order valence-electron chi connectivity index (χ0n) is 9.46. The van der Waals surface area contributed by atoms with Crippen LogP contribution in [-0.2, 0) is 4.79 Å². The van der Waals surface area contributed by atoms with Gasteiger partial charge in [0.2, 0.25) is 5.91 Å². The Morgan fingerprint density at radius 1 is 1.56 bits per heavy atom. The first kappa shape index (κ1) is 12.4. The zero-order valence-corrected chi connectivity index (χ0v) is 9.46. The number of amides is 1. The van der Waals surface area contributed by atoms with Gasteiger partial charge in [0.05, 0.1) is 17.9 Å². The van der Waals surface area contributed by atoms with Crippen molar-refractivity contribution in [2.75, 3.05) is 31.2 Å². The molecule has 0 aliphatic carbocycles. The summed E-state index contributed by atoms with van der Waals surface area (Å²) in [6.07, 6.45) is 0. The summed E-state index contributed by atoms with van der Waals surface area (Å²) in [6.45, 7) is 3.03. The number of likely N-dealkylation sites (N-methyl/N-ethyl adjacent to an activating group) is 1. The second kappa shape index (κ2) is 5.46. The summed E-state index contributed by atoms with van der Waals surface area (Å²) >= 11 is 0. The highest BCUT2D eigenvalue weighted by Gasteiger charge is 2.07. The molecule has 4 nitrogen and oxygen atoms in total. The number of rotatable bonds is 4. The Morgan fingerprint density at radius 3 is 2.81 bits per heavy atom. The number of anilines is 2. The molecular weight excluding hydrogens is 209 g/mol. The van der Waals surface area contributed by atoms with Crippen molar-refractivity contribution in [1.82, 2.24) is 4.90 Å². The van der Waals surface area contributed by atoms with E-state index < -0.39 is 5.82 Å². The number of nitrogen functional groups attached to an aromatic ring is 1. The average Bonchev–Trinajstić information content (AvgIpc) is 2.22. The highest BCUT2D eigenvalue weighted by atomic mass is 19.1. The van der Waals surface area contributed by atoms with Crippen molar-refractivity contribution >= 4 is 17.3 Å². The first-order valence-corrected chi connectivity index (χ1v) is 5.06. The van der Waals surface area contributed by atoms with Crippen LogP contribution in [0.25, 0.3) is 0 Å². The quantitative estimate of drug-likeness (QED) is 0.759. The van der Waals surface area contributed by atoms with Crippen molar-refractivity contribution in [3.8, 4) is 0 Å². The van der Waals surface area contributed by atoms with Crippen molar-refractivity contribution in [3.05, 3.63) is 24.0 Å². The van der Waals surface area contributed by atoms with Gasteiger partial charge in [0.25, 0.3) is 0 Å². The van der Waals surface area contributed by atoms with Crippen LogP contribution in [0, 0.1) is 5.82 Å². The van der Waals surface area contributed by atoms with Gasteiger partial charge in [0, 0.05) is 0 Å². The van der Waals surface area contributed by atoms with Crippen LogP contribution in [0.3, 0.4) is 0 Å². The fourth-order valence-electron chi connectivity index (χ4n) is 1.19. The highest BCUT2D eigenvalue weighted by Crippen LogP contribution is 2.18. The molecule has 88 valence electrons. The molecule has 0 bridgehead atoms. The number of nitrogens with zero attached hydrogens (tertiary/aromatic N) is 1. The lowest BCUT2D eigenvalue weighted by Crippen LogP contribution is -2.30. The zero-order chi connectivity index (χ0) is 12.1. The Bertz CT molecular complexity index is 381. The molecule has 0 radical (unpaired) electrons. The van der Waals surface area contributed by atoms with E-state index >= 15 is 0 Å². The van der Waals surface area contributed by atoms with Crippen molar-refractivity contribution in [3.63, 3.8) is 0 Å². The summed E-state index contributed by atoms with van der Waals surface area (Å²) in [5, 5.41) is 2.63. The van der Waals surface area contributed by atoms with E-state index in [-0.39, 0.29) is 18.1 Å². The number of carbonyl (C=O) groups excluding carboxylic acids is 1. The van der Waals surface area contributed by atoms with Crippen molar-refractivity contribution in [2.45, 2.75) is 6.92 Å². The molecule has 0 saturated heterocycles. The first-order chi connectivity index (χ1) is 7.52. The van der Waals surface area contributed by atoms with E-state index in [9.17, 15) is 9.18 Å². The van der Waals surface area contributed by atoms with E-state index in [1.54, 1.807) is 0 Å². The van der Waals surface area contributed by atoms with Gasteiger partial charge in [-0.2, -0.15) is 0 Å². The maximum absolute atomic E-state index is 12.7. The number of hydrogen-bond acceptors (Lipinski definition) is 3. The van der Waals surface area contributed by atoms with E-state index in [4.69, 9.17) is 5.73 Å². The smallest absolute Gasteiger partial charge is 0.238 e. The van der Waals surface area contributed by atoms with Crippen LogP contribution in [0.4, 0.5) is 15.8 Å². The lowest BCUT2D eigenvalue weighted by atomic mass is 10.2. The molecule has 0 atom stereocenters. The molecule has 0 unspecified atom stereocenters. The third-order valence-corrected chi connectivity index (χ3v) is 2.24. The van der Waals surface area contributed by atoms with E-state index in [0.717, 1.165) is 6.54 Å². The van der Waals surface area contributed by atoms with Crippen LogP contribution in [0.5, 0.6) is 0 Å². The second-order valence-electron chi connectivity index (χ2n) is 3.61. The maximum atomic E-state index is 12.7. The summed E-state index contributed by atoms with van der Waals surface area (Å²) in [7, 11) is 1.84. The van der Waals surface area contributed by atoms with Gasteiger partial charge in [0.1, 0.15) is 5.82 Å². The number of nitrogens with two attached hydrogens (primary N) is 1. The van der Waals surface area contributed by atoms with Crippen molar-refractivity contribution in [2.24, 2.45) is 0 Å². The largest absolute Gasteiger partial charge is 0.397 e. The molecule has 0 aliphatic rings. The van der Waals surface area contributed by atoms with Crippen LogP contribution in [0.1, 0.15) is 6.92 Å². The SMILES string of the molecule is CCN(C)CC(=O)Nc1ccc(F)cc1N. The van der Waals surface area contributed by atoms with E-state index in [0.29, 0.717) is 5.69 Å². The fraction of sp³-hybridized carbons (Fsp3) is 0.364. The van der Waals surface area contributed by atoms with E-state index in [1.165, 1.54) is 18.2 Å².